The van der Waals surface area contributed by atoms with Gasteiger partial charge in [0, 0.05) is 18.8 Å². The van der Waals surface area contributed by atoms with Crippen LogP contribution in [0.4, 0.5) is 10.8 Å². The number of benzene rings is 1. The van der Waals surface area contributed by atoms with E-state index in [4.69, 9.17) is 10.5 Å². The number of thiazole rings is 1. The molecule has 2 N–H and O–H groups in total. The maximum absolute atomic E-state index is 5.80. The van der Waals surface area contributed by atoms with Gasteiger partial charge in [-0.3, -0.25) is 0 Å². The first-order chi connectivity index (χ1) is 8.53. The highest BCUT2D eigenvalue weighted by Gasteiger charge is 2.28. The molecule has 0 radical (unpaired) electrons. The summed E-state index contributed by atoms with van der Waals surface area (Å²) in [5.41, 5.74) is 7.51. The molecule has 0 atom stereocenters. The Labute approximate surface area is 110 Å². The van der Waals surface area contributed by atoms with Crippen molar-refractivity contribution in [2.75, 3.05) is 30.3 Å². The summed E-state index contributed by atoms with van der Waals surface area (Å²) in [5, 5.41) is 1.06. The Hall–Kier alpha value is -1.33. The van der Waals surface area contributed by atoms with Gasteiger partial charge in [-0.1, -0.05) is 11.3 Å². The molecular weight excluding hydrogens is 246 g/mol. The number of ether oxygens (including phenoxy) is 1. The van der Waals surface area contributed by atoms with E-state index in [1.807, 2.05) is 18.2 Å². The van der Waals surface area contributed by atoms with Crippen LogP contribution in [-0.4, -0.2) is 30.3 Å². The van der Waals surface area contributed by atoms with Crippen molar-refractivity contribution in [3.63, 3.8) is 0 Å². The lowest BCUT2D eigenvalue weighted by Crippen LogP contribution is -2.48. The summed E-state index contributed by atoms with van der Waals surface area (Å²) in [7, 11) is 0. The van der Waals surface area contributed by atoms with Gasteiger partial charge in [0.15, 0.2) is 5.13 Å². The third-order valence-electron chi connectivity index (χ3n) is 3.10. The maximum atomic E-state index is 5.80. The second-order valence-electron chi connectivity index (χ2n) is 5.25. The Morgan fingerprint density at radius 2 is 2.28 bits per heavy atom. The molecule has 1 aromatic heterocycles. The normalized spacial score (nSPS) is 19.3. The molecule has 4 nitrogen and oxygen atoms in total. The van der Waals surface area contributed by atoms with Gasteiger partial charge < -0.3 is 15.4 Å². The molecule has 3 rings (SSSR count). The molecule has 5 heteroatoms. The zero-order valence-electron chi connectivity index (χ0n) is 10.6. The van der Waals surface area contributed by atoms with Gasteiger partial charge in [0.2, 0.25) is 0 Å². The Balaban J connectivity index is 1.94. The minimum atomic E-state index is -0.102. The van der Waals surface area contributed by atoms with Gasteiger partial charge in [-0.05, 0) is 32.0 Å². The predicted octanol–water partition coefficient (Wildman–Crippen LogP) is 2.49. The Kier molecular flexibility index (Phi) is 2.68. The second kappa shape index (κ2) is 4.10. The molecule has 0 saturated carbocycles. The minimum Gasteiger partial charge on any atom is -0.399 e. The van der Waals surface area contributed by atoms with Crippen molar-refractivity contribution in [2.45, 2.75) is 19.4 Å². The molecule has 0 aliphatic carbocycles. The number of morpholine rings is 1. The molecule has 2 aromatic rings. The van der Waals surface area contributed by atoms with Crippen LogP contribution in [0.15, 0.2) is 18.2 Å². The summed E-state index contributed by atoms with van der Waals surface area (Å²) < 4.78 is 6.87. The smallest absolute Gasteiger partial charge is 0.186 e. The molecular formula is C13H17N3OS. The lowest BCUT2D eigenvalue weighted by molar-refractivity contribution is -0.0276. The summed E-state index contributed by atoms with van der Waals surface area (Å²) in [6.07, 6.45) is 0. The van der Waals surface area contributed by atoms with Gasteiger partial charge in [0.1, 0.15) is 0 Å². The van der Waals surface area contributed by atoms with Crippen LogP contribution in [0.5, 0.6) is 0 Å². The number of hydrogen-bond acceptors (Lipinski definition) is 5. The van der Waals surface area contributed by atoms with Gasteiger partial charge in [0.25, 0.3) is 0 Å². The number of anilines is 2. The molecule has 0 amide bonds. The molecule has 0 spiro atoms. The van der Waals surface area contributed by atoms with E-state index < -0.39 is 0 Å². The summed E-state index contributed by atoms with van der Waals surface area (Å²) in [4.78, 5) is 6.97. The van der Waals surface area contributed by atoms with Crippen LogP contribution < -0.4 is 10.6 Å². The van der Waals surface area contributed by atoms with Crippen molar-refractivity contribution in [2.24, 2.45) is 0 Å². The number of fused-ring (bicyclic) bond motifs is 1. The molecule has 96 valence electrons. The number of nitrogens with two attached hydrogens (primary N) is 1. The van der Waals surface area contributed by atoms with Gasteiger partial charge in [0.05, 0.1) is 22.4 Å². The largest absolute Gasteiger partial charge is 0.399 e. The van der Waals surface area contributed by atoms with Crippen molar-refractivity contribution >= 4 is 32.4 Å². The summed E-state index contributed by atoms with van der Waals surface area (Å²) in [6.45, 7) is 6.76. The predicted molar refractivity (Wildman–Crippen MR) is 76.3 cm³/mol. The zero-order chi connectivity index (χ0) is 12.8. The number of nitrogen functional groups attached to an aromatic ring is 1. The number of aromatic nitrogens is 1. The van der Waals surface area contributed by atoms with E-state index in [1.54, 1.807) is 11.3 Å². The van der Waals surface area contributed by atoms with E-state index >= 15 is 0 Å². The van der Waals surface area contributed by atoms with E-state index in [-0.39, 0.29) is 5.60 Å². The second-order valence-corrected chi connectivity index (χ2v) is 6.26. The first-order valence-electron chi connectivity index (χ1n) is 6.08. The SMILES string of the molecule is CC1(C)CN(c2nc3ccc(N)cc3s2)CCO1. The first kappa shape index (κ1) is 11.7. The topological polar surface area (TPSA) is 51.4 Å². The Morgan fingerprint density at radius 1 is 1.44 bits per heavy atom. The molecule has 1 aliphatic rings. The average Bonchev–Trinajstić information content (AvgIpc) is 2.70. The van der Waals surface area contributed by atoms with Crippen LogP contribution in [0.1, 0.15) is 13.8 Å². The highest BCUT2D eigenvalue weighted by atomic mass is 32.1. The van der Waals surface area contributed by atoms with Gasteiger partial charge >= 0.3 is 0 Å². The third kappa shape index (κ3) is 2.15. The van der Waals surface area contributed by atoms with E-state index in [1.165, 1.54) is 0 Å². The summed E-state index contributed by atoms with van der Waals surface area (Å²) in [5.74, 6) is 0. The minimum absolute atomic E-state index is 0.102. The molecule has 2 heterocycles. The number of nitrogens with zero attached hydrogens (tertiary/aromatic N) is 2. The van der Waals surface area contributed by atoms with Crippen LogP contribution in [-0.2, 0) is 4.74 Å². The molecule has 1 saturated heterocycles. The fraction of sp³-hybridized carbons (Fsp3) is 0.462. The van der Waals surface area contributed by atoms with Crippen molar-refractivity contribution in [1.82, 2.24) is 4.98 Å². The lowest BCUT2D eigenvalue weighted by Gasteiger charge is -2.37. The molecule has 18 heavy (non-hydrogen) atoms. The quantitative estimate of drug-likeness (QED) is 0.803. The van der Waals surface area contributed by atoms with Crippen molar-refractivity contribution < 1.29 is 4.74 Å². The maximum Gasteiger partial charge on any atom is 0.186 e. The van der Waals surface area contributed by atoms with Crippen LogP contribution in [0.3, 0.4) is 0 Å². The number of rotatable bonds is 1. The third-order valence-corrected chi connectivity index (χ3v) is 4.18. The van der Waals surface area contributed by atoms with Crippen molar-refractivity contribution in [3.8, 4) is 0 Å². The fourth-order valence-corrected chi connectivity index (χ4v) is 3.28. The fourth-order valence-electron chi connectivity index (χ4n) is 2.24. The molecule has 1 aromatic carbocycles. The van der Waals surface area contributed by atoms with Crippen molar-refractivity contribution in [3.05, 3.63) is 18.2 Å². The van der Waals surface area contributed by atoms with Gasteiger partial charge in [-0.15, -0.1) is 0 Å². The Morgan fingerprint density at radius 3 is 3.06 bits per heavy atom. The van der Waals surface area contributed by atoms with Crippen LogP contribution >= 0.6 is 11.3 Å². The van der Waals surface area contributed by atoms with Crippen molar-refractivity contribution in [1.29, 1.82) is 0 Å². The van der Waals surface area contributed by atoms with E-state index in [0.717, 1.165) is 40.7 Å². The van der Waals surface area contributed by atoms with Crippen LogP contribution in [0.2, 0.25) is 0 Å². The summed E-state index contributed by atoms with van der Waals surface area (Å²) in [6, 6.07) is 5.87. The van der Waals surface area contributed by atoms with E-state index in [2.05, 4.69) is 23.7 Å². The molecule has 1 aliphatic heterocycles. The average molecular weight is 263 g/mol. The number of hydrogen-bond donors (Lipinski definition) is 1. The van der Waals surface area contributed by atoms with Gasteiger partial charge in [-0.2, -0.15) is 0 Å². The standard InChI is InChI=1S/C13H17N3OS/c1-13(2)8-16(5-6-17-13)12-15-10-4-3-9(14)7-11(10)18-12/h3-4,7H,5-6,8,14H2,1-2H3. The van der Waals surface area contributed by atoms with Crippen LogP contribution in [0, 0.1) is 0 Å². The Bertz CT molecular complexity index is 579. The highest BCUT2D eigenvalue weighted by molar-refractivity contribution is 7.22. The van der Waals surface area contributed by atoms with E-state index in [0.29, 0.717) is 0 Å². The summed E-state index contributed by atoms with van der Waals surface area (Å²) >= 11 is 1.70. The zero-order valence-corrected chi connectivity index (χ0v) is 11.5. The molecule has 0 unspecified atom stereocenters. The molecule has 0 bridgehead atoms. The molecule has 1 fully saturated rings. The van der Waals surface area contributed by atoms with Crippen LogP contribution in [0.25, 0.3) is 10.2 Å². The highest BCUT2D eigenvalue weighted by Crippen LogP contribution is 2.32. The van der Waals surface area contributed by atoms with E-state index in [9.17, 15) is 0 Å². The first-order valence-corrected chi connectivity index (χ1v) is 6.90. The monoisotopic (exact) mass is 263 g/mol. The van der Waals surface area contributed by atoms with Gasteiger partial charge in [-0.25, -0.2) is 4.98 Å². The lowest BCUT2D eigenvalue weighted by atomic mass is 10.1.